The summed E-state index contributed by atoms with van der Waals surface area (Å²) in [6, 6.07) is 4.47. The maximum absolute atomic E-state index is 13.4. The van der Waals surface area contributed by atoms with Crippen LogP contribution in [0.1, 0.15) is 10.4 Å². The zero-order valence-electron chi connectivity index (χ0n) is 9.95. The molecule has 4 nitrogen and oxygen atoms in total. The lowest BCUT2D eigenvalue weighted by molar-refractivity contribution is 0.102. The topological polar surface area (TPSA) is 75.4 Å². The van der Waals surface area contributed by atoms with Gasteiger partial charge in [-0.3, -0.25) is 4.79 Å². The van der Waals surface area contributed by atoms with Crippen molar-refractivity contribution in [2.75, 3.05) is 11.1 Å². The number of benzene rings is 2. The summed E-state index contributed by atoms with van der Waals surface area (Å²) in [4.78, 5) is 11.8. The van der Waals surface area contributed by atoms with Crippen LogP contribution in [0, 0.1) is 17.5 Å². The SMILES string of the molecule is Nc1ccc(C(=O)Nc2c(F)cc(F)cc2F)cc1O. The lowest BCUT2D eigenvalue weighted by Crippen LogP contribution is -2.14. The van der Waals surface area contributed by atoms with Crippen LogP contribution in [-0.4, -0.2) is 11.0 Å². The highest BCUT2D eigenvalue weighted by molar-refractivity contribution is 6.04. The van der Waals surface area contributed by atoms with Crippen LogP contribution in [-0.2, 0) is 0 Å². The summed E-state index contributed by atoms with van der Waals surface area (Å²) in [5, 5.41) is 11.3. The Morgan fingerprint density at radius 1 is 1.10 bits per heavy atom. The summed E-state index contributed by atoms with van der Waals surface area (Å²) in [7, 11) is 0. The third-order valence-corrected chi connectivity index (χ3v) is 2.54. The van der Waals surface area contributed by atoms with Gasteiger partial charge in [0, 0.05) is 17.7 Å². The van der Waals surface area contributed by atoms with Crippen LogP contribution in [0.15, 0.2) is 30.3 Å². The standard InChI is InChI=1S/C13H9F3N2O2/c14-7-4-8(15)12(9(16)5-7)18-13(20)6-1-2-10(17)11(19)3-6/h1-5,19H,17H2,(H,18,20). The fourth-order valence-electron chi connectivity index (χ4n) is 1.53. The molecule has 0 aromatic heterocycles. The molecule has 0 aliphatic rings. The number of hydrogen-bond acceptors (Lipinski definition) is 3. The molecule has 0 heterocycles. The van der Waals surface area contributed by atoms with Crippen molar-refractivity contribution in [1.82, 2.24) is 0 Å². The zero-order chi connectivity index (χ0) is 14.9. The largest absolute Gasteiger partial charge is 0.506 e. The number of nitrogens with one attached hydrogen (secondary N) is 1. The number of amides is 1. The first kappa shape index (κ1) is 13.7. The molecule has 2 rings (SSSR count). The number of phenolic OH excluding ortho intramolecular Hbond substituents is 1. The Hall–Kier alpha value is -2.70. The van der Waals surface area contributed by atoms with Crippen LogP contribution in [0.3, 0.4) is 0 Å². The van der Waals surface area contributed by atoms with Crippen molar-refractivity contribution in [2.24, 2.45) is 0 Å². The van der Waals surface area contributed by atoms with E-state index in [9.17, 15) is 23.1 Å². The number of carbonyl (C=O) groups is 1. The van der Waals surface area contributed by atoms with Crippen LogP contribution in [0.25, 0.3) is 0 Å². The van der Waals surface area contributed by atoms with Crippen molar-refractivity contribution in [2.45, 2.75) is 0 Å². The summed E-state index contributed by atoms with van der Waals surface area (Å²) in [6.45, 7) is 0. The molecule has 104 valence electrons. The molecule has 0 fully saturated rings. The van der Waals surface area contributed by atoms with Gasteiger partial charge in [0.2, 0.25) is 0 Å². The van der Waals surface area contributed by atoms with E-state index in [0.717, 1.165) is 6.07 Å². The molecule has 0 atom stereocenters. The van der Waals surface area contributed by atoms with E-state index in [2.05, 4.69) is 0 Å². The summed E-state index contributed by atoms with van der Waals surface area (Å²) in [5.74, 6) is -4.78. The number of hydrogen-bond donors (Lipinski definition) is 3. The monoisotopic (exact) mass is 282 g/mol. The molecule has 0 bridgehead atoms. The predicted molar refractivity (Wildman–Crippen MR) is 66.8 cm³/mol. The molecular formula is C13H9F3N2O2. The van der Waals surface area contributed by atoms with Gasteiger partial charge in [-0.25, -0.2) is 13.2 Å². The molecule has 7 heteroatoms. The lowest BCUT2D eigenvalue weighted by Gasteiger charge is -2.08. The molecule has 20 heavy (non-hydrogen) atoms. The third kappa shape index (κ3) is 2.66. The quantitative estimate of drug-likeness (QED) is 0.585. The first-order chi connectivity index (χ1) is 9.38. The first-order valence-corrected chi connectivity index (χ1v) is 5.43. The highest BCUT2D eigenvalue weighted by Crippen LogP contribution is 2.23. The van der Waals surface area contributed by atoms with Crippen LogP contribution in [0.2, 0.25) is 0 Å². The maximum atomic E-state index is 13.4. The van der Waals surface area contributed by atoms with Gasteiger partial charge >= 0.3 is 0 Å². The second kappa shape index (κ2) is 5.12. The van der Waals surface area contributed by atoms with E-state index < -0.39 is 29.0 Å². The second-order valence-electron chi connectivity index (χ2n) is 3.97. The number of anilines is 2. The Bertz CT molecular complexity index is 666. The molecule has 0 unspecified atom stereocenters. The summed E-state index contributed by atoms with van der Waals surface area (Å²) in [5.41, 5.74) is 4.59. The van der Waals surface area contributed by atoms with Gasteiger partial charge in [0.05, 0.1) is 5.69 Å². The Kier molecular flexibility index (Phi) is 3.51. The van der Waals surface area contributed by atoms with Crippen molar-refractivity contribution in [3.8, 4) is 5.75 Å². The second-order valence-corrected chi connectivity index (χ2v) is 3.97. The van der Waals surface area contributed by atoms with E-state index in [4.69, 9.17) is 5.73 Å². The molecular weight excluding hydrogens is 273 g/mol. The number of halogens is 3. The van der Waals surface area contributed by atoms with E-state index >= 15 is 0 Å². The summed E-state index contributed by atoms with van der Waals surface area (Å²) >= 11 is 0. The van der Waals surface area contributed by atoms with Crippen molar-refractivity contribution in [3.63, 3.8) is 0 Å². The summed E-state index contributed by atoms with van der Waals surface area (Å²) < 4.78 is 39.5. The van der Waals surface area contributed by atoms with E-state index in [1.165, 1.54) is 12.1 Å². The minimum atomic E-state index is -1.24. The van der Waals surface area contributed by atoms with Crippen LogP contribution < -0.4 is 11.1 Å². The molecule has 0 saturated carbocycles. The van der Waals surface area contributed by atoms with Crippen molar-refractivity contribution >= 4 is 17.3 Å². The average molecular weight is 282 g/mol. The van der Waals surface area contributed by atoms with Gasteiger partial charge in [0.25, 0.3) is 5.91 Å². The number of rotatable bonds is 2. The normalized spacial score (nSPS) is 10.3. The summed E-state index contributed by atoms with van der Waals surface area (Å²) in [6.07, 6.45) is 0. The number of nitrogen functional groups attached to an aromatic ring is 1. The third-order valence-electron chi connectivity index (χ3n) is 2.54. The Labute approximate surface area is 111 Å². The minimum Gasteiger partial charge on any atom is -0.506 e. The molecule has 0 aliphatic heterocycles. The molecule has 4 N–H and O–H groups in total. The van der Waals surface area contributed by atoms with Crippen LogP contribution >= 0.6 is 0 Å². The predicted octanol–water partition coefficient (Wildman–Crippen LogP) is 2.64. The molecule has 1 amide bonds. The van der Waals surface area contributed by atoms with E-state index in [1.54, 1.807) is 0 Å². The minimum absolute atomic E-state index is 0.0557. The average Bonchev–Trinajstić information content (AvgIpc) is 2.36. The van der Waals surface area contributed by atoms with Gasteiger partial charge in [-0.05, 0) is 18.2 Å². The van der Waals surface area contributed by atoms with Crippen LogP contribution in [0.4, 0.5) is 24.5 Å². The fraction of sp³-hybridized carbons (Fsp3) is 0. The van der Waals surface area contributed by atoms with Crippen molar-refractivity contribution in [3.05, 3.63) is 53.3 Å². The van der Waals surface area contributed by atoms with Crippen molar-refractivity contribution < 1.29 is 23.1 Å². The number of aromatic hydroxyl groups is 1. The number of nitrogens with two attached hydrogens (primary N) is 1. The van der Waals surface area contributed by atoms with Gasteiger partial charge in [0.15, 0.2) is 11.6 Å². The molecule has 0 saturated heterocycles. The number of phenols is 1. The molecule has 0 aliphatic carbocycles. The lowest BCUT2D eigenvalue weighted by atomic mass is 10.1. The maximum Gasteiger partial charge on any atom is 0.255 e. The van der Waals surface area contributed by atoms with E-state index in [0.29, 0.717) is 12.1 Å². The first-order valence-electron chi connectivity index (χ1n) is 5.43. The van der Waals surface area contributed by atoms with Gasteiger partial charge < -0.3 is 16.2 Å². The van der Waals surface area contributed by atoms with Gasteiger partial charge in [-0.15, -0.1) is 0 Å². The van der Waals surface area contributed by atoms with Gasteiger partial charge in [0.1, 0.15) is 17.3 Å². The fourth-order valence-corrected chi connectivity index (χ4v) is 1.53. The number of carbonyl (C=O) groups excluding carboxylic acids is 1. The van der Waals surface area contributed by atoms with E-state index in [-0.39, 0.29) is 17.0 Å². The van der Waals surface area contributed by atoms with Crippen molar-refractivity contribution in [1.29, 1.82) is 0 Å². The highest BCUT2D eigenvalue weighted by Gasteiger charge is 2.16. The van der Waals surface area contributed by atoms with Gasteiger partial charge in [-0.1, -0.05) is 0 Å². The van der Waals surface area contributed by atoms with Gasteiger partial charge in [-0.2, -0.15) is 0 Å². The Morgan fingerprint density at radius 2 is 1.70 bits per heavy atom. The smallest absolute Gasteiger partial charge is 0.255 e. The van der Waals surface area contributed by atoms with Crippen LogP contribution in [0.5, 0.6) is 5.75 Å². The molecule has 2 aromatic carbocycles. The highest BCUT2D eigenvalue weighted by atomic mass is 19.1. The molecule has 0 spiro atoms. The molecule has 0 radical (unpaired) electrons. The van der Waals surface area contributed by atoms with E-state index in [1.807, 2.05) is 5.32 Å². The zero-order valence-corrected chi connectivity index (χ0v) is 9.95. The Morgan fingerprint density at radius 3 is 2.25 bits per heavy atom. The molecule has 2 aromatic rings. The Balaban J connectivity index is 2.30.